The summed E-state index contributed by atoms with van der Waals surface area (Å²) in [6, 6.07) is 11.4. The summed E-state index contributed by atoms with van der Waals surface area (Å²) < 4.78 is 6.22. The molecule has 1 heterocycles. The molecule has 5 nitrogen and oxygen atoms in total. The SMILES string of the molecule is CCOCc1ccc(CNC(=O)CNC(=O)c2ccc(Br)s2)cc1. The molecule has 7 heteroatoms. The van der Waals surface area contributed by atoms with Gasteiger partial charge < -0.3 is 15.4 Å². The van der Waals surface area contributed by atoms with Gasteiger partial charge in [0.2, 0.25) is 5.91 Å². The Kier molecular flexibility index (Phi) is 7.42. The van der Waals surface area contributed by atoms with Gasteiger partial charge in [-0.3, -0.25) is 9.59 Å². The predicted octanol–water partition coefficient (Wildman–Crippen LogP) is 3.09. The van der Waals surface area contributed by atoms with E-state index in [1.165, 1.54) is 11.3 Å². The van der Waals surface area contributed by atoms with E-state index in [9.17, 15) is 9.59 Å². The van der Waals surface area contributed by atoms with E-state index in [2.05, 4.69) is 26.6 Å². The maximum absolute atomic E-state index is 11.8. The van der Waals surface area contributed by atoms with Crippen LogP contribution in [-0.2, 0) is 22.7 Å². The van der Waals surface area contributed by atoms with Crippen molar-refractivity contribution in [3.05, 3.63) is 56.2 Å². The van der Waals surface area contributed by atoms with Gasteiger partial charge in [0.25, 0.3) is 5.91 Å². The molecule has 0 saturated carbocycles. The fourth-order valence-corrected chi connectivity index (χ4v) is 3.22. The molecule has 1 aromatic heterocycles. The molecule has 2 aromatic rings. The van der Waals surface area contributed by atoms with Crippen LogP contribution in [0.15, 0.2) is 40.2 Å². The van der Waals surface area contributed by atoms with Crippen molar-refractivity contribution in [2.45, 2.75) is 20.1 Å². The Bertz CT molecular complexity index is 685. The van der Waals surface area contributed by atoms with E-state index in [1.54, 1.807) is 12.1 Å². The van der Waals surface area contributed by atoms with Gasteiger partial charge in [-0.05, 0) is 46.1 Å². The Morgan fingerprint density at radius 1 is 1.08 bits per heavy atom. The van der Waals surface area contributed by atoms with Crippen molar-refractivity contribution in [1.82, 2.24) is 10.6 Å². The zero-order valence-corrected chi connectivity index (χ0v) is 15.7. The number of ether oxygens (including phenoxy) is 1. The number of benzene rings is 1. The first kappa shape index (κ1) is 18.6. The van der Waals surface area contributed by atoms with E-state index < -0.39 is 0 Å². The third-order valence-corrected chi connectivity index (χ3v) is 4.81. The Hall–Kier alpha value is -1.70. The minimum atomic E-state index is -0.249. The third kappa shape index (κ3) is 6.07. The molecule has 0 fully saturated rings. The van der Waals surface area contributed by atoms with Gasteiger partial charge in [-0.1, -0.05) is 24.3 Å². The first-order chi connectivity index (χ1) is 11.6. The van der Waals surface area contributed by atoms with Gasteiger partial charge in [0.15, 0.2) is 0 Å². The fraction of sp³-hybridized carbons (Fsp3) is 0.294. The number of thiophene rings is 1. The number of amides is 2. The summed E-state index contributed by atoms with van der Waals surface area (Å²) in [5.74, 6) is -0.474. The Morgan fingerprint density at radius 2 is 1.79 bits per heavy atom. The molecule has 2 N–H and O–H groups in total. The maximum atomic E-state index is 11.8. The highest BCUT2D eigenvalue weighted by Gasteiger charge is 2.10. The second-order valence-electron chi connectivity index (χ2n) is 5.02. The van der Waals surface area contributed by atoms with E-state index in [-0.39, 0.29) is 18.4 Å². The molecule has 0 atom stereocenters. The summed E-state index contributed by atoms with van der Waals surface area (Å²) in [5.41, 5.74) is 2.10. The van der Waals surface area contributed by atoms with Crippen LogP contribution in [0.5, 0.6) is 0 Å². The van der Waals surface area contributed by atoms with Crippen LogP contribution in [0.1, 0.15) is 27.7 Å². The lowest BCUT2D eigenvalue weighted by molar-refractivity contribution is -0.120. The molecular weight excluding hydrogens is 392 g/mol. The second-order valence-corrected chi connectivity index (χ2v) is 7.48. The topological polar surface area (TPSA) is 67.4 Å². The van der Waals surface area contributed by atoms with Crippen LogP contribution < -0.4 is 10.6 Å². The molecular formula is C17H19BrN2O3S. The highest BCUT2D eigenvalue weighted by molar-refractivity contribution is 9.11. The number of halogens is 1. The molecule has 0 radical (unpaired) electrons. The molecule has 0 spiro atoms. The van der Waals surface area contributed by atoms with E-state index in [0.717, 1.165) is 14.9 Å². The monoisotopic (exact) mass is 410 g/mol. The summed E-state index contributed by atoms with van der Waals surface area (Å²) in [5, 5.41) is 5.39. The number of nitrogens with one attached hydrogen (secondary N) is 2. The Labute approximate surface area is 153 Å². The molecule has 0 bridgehead atoms. The van der Waals surface area contributed by atoms with Crippen LogP contribution in [0.3, 0.4) is 0 Å². The van der Waals surface area contributed by atoms with Gasteiger partial charge in [0.05, 0.1) is 21.8 Å². The zero-order chi connectivity index (χ0) is 17.4. The van der Waals surface area contributed by atoms with Crippen LogP contribution >= 0.6 is 27.3 Å². The number of carbonyl (C=O) groups is 2. The molecule has 2 amide bonds. The van der Waals surface area contributed by atoms with E-state index in [0.29, 0.717) is 24.6 Å². The summed E-state index contributed by atoms with van der Waals surface area (Å²) in [6.45, 7) is 3.62. The quantitative estimate of drug-likeness (QED) is 0.702. The predicted molar refractivity (Wildman–Crippen MR) is 98.0 cm³/mol. The van der Waals surface area contributed by atoms with E-state index in [1.807, 2.05) is 31.2 Å². The van der Waals surface area contributed by atoms with Crippen molar-refractivity contribution < 1.29 is 14.3 Å². The van der Waals surface area contributed by atoms with Crippen molar-refractivity contribution in [3.63, 3.8) is 0 Å². The highest BCUT2D eigenvalue weighted by Crippen LogP contribution is 2.21. The van der Waals surface area contributed by atoms with Crippen molar-refractivity contribution >= 4 is 39.1 Å². The normalized spacial score (nSPS) is 10.4. The average molecular weight is 411 g/mol. The number of rotatable bonds is 8. The van der Waals surface area contributed by atoms with Crippen molar-refractivity contribution in [3.8, 4) is 0 Å². The molecule has 0 aliphatic carbocycles. The first-order valence-corrected chi connectivity index (χ1v) is 9.15. The summed E-state index contributed by atoms with van der Waals surface area (Å²) in [6.07, 6.45) is 0. The van der Waals surface area contributed by atoms with Gasteiger partial charge in [0, 0.05) is 13.2 Å². The van der Waals surface area contributed by atoms with Crippen LogP contribution in [0.2, 0.25) is 0 Å². The molecule has 128 valence electrons. The Morgan fingerprint density at radius 3 is 2.42 bits per heavy atom. The van der Waals surface area contributed by atoms with E-state index in [4.69, 9.17) is 4.74 Å². The maximum Gasteiger partial charge on any atom is 0.261 e. The number of hydrogen-bond acceptors (Lipinski definition) is 4. The summed E-state index contributed by atoms with van der Waals surface area (Å²) in [4.78, 5) is 24.2. The zero-order valence-electron chi connectivity index (χ0n) is 13.3. The van der Waals surface area contributed by atoms with Gasteiger partial charge in [-0.15, -0.1) is 11.3 Å². The van der Waals surface area contributed by atoms with Gasteiger partial charge in [-0.2, -0.15) is 0 Å². The molecule has 2 rings (SSSR count). The van der Waals surface area contributed by atoms with Gasteiger partial charge in [-0.25, -0.2) is 0 Å². The van der Waals surface area contributed by atoms with Crippen LogP contribution in [0.4, 0.5) is 0 Å². The second kappa shape index (κ2) is 9.56. The standard InChI is InChI=1S/C17H19BrN2O3S/c1-2-23-11-13-5-3-12(4-6-13)9-19-16(21)10-20-17(22)14-7-8-15(18)24-14/h3-8H,2,9-11H2,1H3,(H,19,21)(H,20,22). The minimum Gasteiger partial charge on any atom is -0.377 e. The van der Waals surface area contributed by atoms with Gasteiger partial charge in [0.1, 0.15) is 0 Å². The lowest BCUT2D eigenvalue weighted by Gasteiger charge is -2.07. The lowest BCUT2D eigenvalue weighted by atomic mass is 10.1. The average Bonchev–Trinajstić information content (AvgIpc) is 3.03. The lowest BCUT2D eigenvalue weighted by Crippen LogP contribution is -2.36. The van der Waals surface area contributed by atoms with E-state index >= 15 is 0 Å². The van der Waals surface area contributed by atoms with Gasteiger partial charge >= 0.3 is 0 Å². The molecule has 0 aliphatic rings. The largest absolute Gasteiger partial charge is 0.377 e. The number of hydrogen-bond donors (Lipinski definition) is 2. The van der Waals surface area contributed by atoms with Crippen LogP contribution in [0, 0.1) is 0 Å². The molecule has 0 saturated heterocycles. The highest BCUT2D eigenvalue weighted by atomic mass is 79.9. The first-order valence-electron chi connectivity index (χ1n) is 7.54. The third-order valence-electron chi connectivity index (χ3n) is 3.19. The van der Waals surface area contributed by atoms with Crippen molar-refractivity contribution in [2.75, 3.05) is 13.2 Å². The fourth-order valence-electron chi connectivity index (χ4n) is 1.92. The van der Waals surface area contributed by atoms with Crippen molar-refractivity contribution in [2.24, 2.45) is 0 Å². The van der Waals surface area contributed by atoms with Crippen LogP contribution in [-0.4, -0.2) is 25.0 Å². The minimum absolute atomic E-state index is 0.0449. The Balaban J connectivity index is 1.71. The van der Waals surface area contributed by atoms with Crippen LogP contribution in [0.25, 0.3) is 0 Å². The number of carbonyl (C=O) groups excluding carboxylic acids is 2. The molecule has 0 aliphatic heterocycles. The van der Waals surface area contributed by atoms with Crippen molar-refractivity contribution in [1.29, 1.82) is 0 Å². The summed E-state index contributed by atoms with van der Waals surface area (Å²) >= 11 is 4.63. The summed E-state index contributed by atoms with van der Waals surface area (Å²) in [7, 11) is 0. The molecule has 0 unspecified atom stereocenters. The smallest absolute Gasteiger partial charge is 0.261 e. The molecule has 1 aromatic carbocycles. The molecule has 24 heavy (non-hydrogen) atoms.